The van der Waals surface area contributed by atoms with Gasteiger partial charge in [0.2, 0.25) is 17.5 Å². The Morgan fingerprint density at radius 2 is 1.61 bits per heavy atom. The van der Waals surface area contributed by atoms with Crippen LogP contribution in [0.1, 0.15) is 44.1 Å². The number of rotatable bonds is 14. The lowest BCUT2D eigenvalue weighted by Crippen LogP contribution is -2.48. The van der Waals surface area contributed by atoms with Gasteiger partial charge in [-0.3, -0.25) is 14.4 Å². The molecule has 1 aromatic heterocycles. The van der Waals surface area contributed by atoms with Crippen LogP contribution in [0.25, 0.3) is 10.9 Å². The average molecular weight is 627 g/mol. The van der Waals surface area contributed by atoms with Crippen molar-refractivity contribution in [3.8, 4) is 5.75 Å². The van der Waals surface area contributed by atoms with Crippen molar-refractivity contribution in [2.45, 2.75) is 39.7 Å². The maximum atomic E-state index is 13.9. The van der Waals surface area contributed by atoms with E-state index >= 15 is 0 Å². The molecule has 0 spiro atoms. The number of aromatic nitrogens is 1. The van der Waals surface area contributed by atoms with Crippen molar-refractivity contribution in [3.05, 3.63) is 65.1 Å². The van der Waals surface area contributed by atoms with Crippen LogP contribution in [-0.4, -0.2) is 61.7 Å². The highest BCUT2D eigenvalue weighted by molar-refractivity contribution is 6.00. The minimum Gasteiger partial charge on any atom is -0.479 e. The number of H-pyrrole nitrogens is 1. The summed E-state index contributed by atoms with van der Waals surface area (Å²) in [6, 6.07) is 4.01. The number of benzene rings is 2. The quantitative estimate of drug-likeness (QED) is 0.121. The second kappa shape index (κ2) is 17.1. The molecule has 0 aliphatic heterocycles. The first-order chi connectivity index (χ1) is 20.8. The molecule has 2 atom stereocenters. The molecule has 0 radical (unpaired) electrons. The molecule has 2 aromatic carbocycles. The summed E-state index contributed by atoms with van der Waals surface area (Å²) < 4.78 is 73.3. The van der Waals surface area contributed by atoms with E-state index in [-0.39, 0.29) is 30.0 Å². The lowest BCUT2D eigenvalue weighted by Gasteiger charge is -2.21. The molecular weight excluding hydrogens is 591 g/mol. The molecule has 44 heavy (non-hydrogen) atoms. The number of halogens is 5. The Kier molecular flexibility index (Phi) is 13.9. The van der Waals surface area contributed by atoms with Crippen molar-refractivity contribution in [1.82, 2.24) is 20.9 Å². The molecule has 1 heterocycles. The zero-order valence-electron chi connectivity index (χ0n) is 24.7. The van der Waals surface area contributed by atoms with Gasteiger partial charge in [0.1, 0.15) is 24.4 Å². The molecule has 3 rings (SSSR count). The van der Waals surface area contributed by atoms with Gasteiger partial charge in [-0.15, -0.1) is 0 Å². The molecule has 0 fully saturated rings. The molecule has 0 bridgehead atoms. The lowest BCUT2D eigenvalue weighted by molar-refractivity contribution is -0.129. The van der Waals surface area contributed by atoms with Gasteiger partial charge in [0, 0.05) is 22.9 Å². The third kappa shape index (κ3) is 10.4. The Morgan fingerprint density at radius 1 is 0.977 bits per heavy atom. The monoisotopic (exact) mass is 626 g/mol. The van der Waals surface area contributed by atoms with Crippen molar-refractivity contribution < 1.29 is 45.9 Å². The third-order valence-corrected chi connectivity index (χ3v) is 5.92. The van der Waals surface area contributed by atoms with Crippen LogP contribution in [0.4, 0.5) is 22.0 Å². The van der Waals surface area contributed by atoms with E-state index in [1.165, 1.54) is 18.2 Å². The van der Waals surface area contributed by atoms with Gasteiger partial charge in [-0.1, -0.05) is 26.8 Å². The largest absolute Gasteiger partial charge is 0.479 e. The van der Waals surface area contributed by atoms with E-state index in [0.717, 1.165) is 5.92 Å². The van der Waals surface area contributed by atoms with E-state index in [1.54, 1.807) is 13.1 Å². The van der Waals surface area contributed by atoms with Gasteiger partial charge >= 0.3 is 0 Å². The van der Waals surface area contributed by atoms with E-state index in [2.05, 4.69) is 41.7 Å². The minimum atomic E-state index is -1.85. The molecule has 2 amide bonds. The fraction of sp³-hybridized carbons (Fsp3) is 0.400. The Balaban J connectivity index is 0.00000159. The number of nitrogens with one attached hydrogen (secondary N) is 4. The Hall–Kier alpha value is -4.33. The maximum Gasteiger partial charge on any atom is 0.268 e. The second-order valence-corrected chi connectivity index (χ2v) is 10.5. The highest BCUT2D eigenvalue weighted by Crippen LogP contribution is 2.26. The average Bonchev–Trinajstić information content (AvgIpc) is 3.42. The topological polar surface area (TPSA) is 129 Å². The highest BCUT2D eigenvalue weighted by atomic mass is 19.2. The molecule has 240 valence electrons. The number of carbonyl (C=O) groups excluding carboxylic acids is 4. The SMILES string of the molecule is CC(C)C.CNCCC(C=O)CC(NC(=O)CNC(=O)c1cc2c(F)cccc2[nH]1)C(=O)COc1c(F)c(F)cc(F)c1F. The summed E-state index contributed by atoms with van der Waals surface area (Å²) in [7, 11) is 1.63. The zero-order valence-corrected chi connectivity index (χ0v) is 24.7. The number of aldehydes is 1. The summed E-state index contributed by atoms with van der Waals surface area (Å²) in [5.74, 6) is -11.7. The van der Waals surface area contributed by atoms with Crippen molar-refractivity contribution >= 4 is 34.8 Å². The first-order valence-electron chi connectivity index (χ1n) is 13.7. The summed E-state index contributed by atoms with van der Waals surface area (Å²) in [6.07, 6.45) is 0.589. The fourth-order valence-corrected chi connectivity index (χ4v) is 3.81. The van der Waals surface area contributed by atoms with E-state index in [0.29, 0.717) is 18.3 Å². The van der Waals surface area contributed by atoms with E-state index in [9.17, 15) is 41.1 Å². The van der Waals surface area contributed by atoms with Crippen LogP contribution in [0.5, 0.6) is 5.75 Å². The van der Waals surface area contributed by atoms with E-state index in [1.807, 2.05) is 0 Å². The predicted molar refractivity (Wildman–Crippen MR) is 153 cm³/mol. The van der Waals surface area contributed by atoms with E-state index < -0.39 is 77.5 Å². The van der Waals surface area contributed by atoms with Gasteiger partial charge in [0.05, 0.1) is 12.6 Å². The minimum absolute atomic E-state index is 0.0283. The maximum absolute atomic E-state index is 13.9. The van der Waals surface area contributed by atoms with Crippen molar-refractivity contribution in [2.75, 3.05) is 26.7 Å². The molecule has 3 aromatic rings. The summed E-state index contributed by atoms with van der Waals surface area (Å²) >= 11 is 0. The normalized spacial score (nSPS) is 12.2. The fourth-order valence-electron chi connectivity index (χ4n) is 3.81. The highest BCUT2D eigenvalue weighted by Gasteiger charge is 2.27. The number of ether oxygens (including phenoxy) is 1. The van der Waals surface area contributed by atoms with Gasteiger partial charge < -0.3 is 30.5 Å². The van der Waals surface area contributed by atoms with Crippen LogP contribution >= 0.6 is 0 Å². The predicted octanol–water partition coefficient (Wildman–Crippen LogP) is 4.20. The van der Waals surface area contributed by atoms with Gasteiger partial charge in [-0.2, -0.15) is 8.78 Å². The number of ketones is 1. The Morgan fingerprint density at radius 3 is 2.18 bits per heavy atom. The van der Waals surface area contributed by atoms with Gasteiger partial charge in [-0.05, 0) is 50.6 Å². The van der Waals surface area contributed by atoms with E-state index in [4.69, 9.17) is 4.74 Å². The van der Waals surface area contributed by atoms with Crippen molar-refractivity contribution in [1.29, 1.82) is 0 Å². The van der Waals surface area contributed by atoms with Crippen molar-refractivity contribution in [2.24, 2.45) is 11.8 Å². The number of aromatic amines is 1. The number of amides is 2. The summed E-state index contributed by atoms with van der Waals surface area (Å²) in [6.45, 7) is 5.14. The van der Waals surface area contributed by atoms with Crippen LogP contribution < -0.4 is 20.7 Å². The van der Waals surface area contributed by atoms with Crippen LogP contribution in [0, 0.1) is 40.9 Å². The first kappa shape index (κ1) is 35.9. The number of hydrogen-bond acceptors (Lipinski definition) is 6. The van der Waals surface area contributed by atoms with Crippen LogP contribution in [-0.2, 0) is 14.4 Å². The smallest absolute Gasteiger partial charge is 0.268 e. The molecule has 0 aliphatic rings. The number of carbonyl (C=O) groups is 4. The Labute approximate surface area is 250 Å². The zero-order chi connectivity index (χ0) is 33.0. The van der Waals surface area contributed by atoms with Crippen LogP contribution in [0.3, 0.4) is 0 Å². The molecule has 0 saturated carbocycles. The first-order valence-corrected chi connectivity index (χ1v) is 13.7. The molecule has 0 aliphatic carbocycles. The van der Waals surface area contributed by atoms with Crippen LogP contribution in [0.15, 0.2) is 30.3 Å². The standard InChI is InChI=1S/C26H25F5N4O5.C4H10/c1-32-6-5-13(11-36)7-19(21(37)12-40-25-23(30)16(28)9-17(29)24(25)31)35-22(38)10-33-26(39)20-8-14-15(27)3-2-4-18(14)34-20;1-4(2)3/h2-4,8-9,11,13,19,32,34H,5-7,10,12H2,1H3,(H,33,39)(H,35,38);4H,1-3H3. The van der Waals surface area contributed by atoms with Crippen molar-refractivity contribution in [3.63, 3.8) is 0 Å². The lowest BCUT2D eigenvalue weighted by atomic mass is 9.95. The van der Waals surface area contributed by atoms with Crippen LogP contribution in [0.2, 0.25) is 0 Å². The number of hydrogen-bond donors (Lipinski definition) is 4. The third-order valence-electron chi connectivity index (χ3n) is 5.92. The second-order valence-electron chi connectivity index (χ2n) is 10.5. The van der Waals surface area contributed by atoms with Gasteiger partial charge in [0.15, 0.2) is 23.2 Å². The number of Topliss-reactive ketones (excluding diaryl/α,β-unsaturated/α-hetero) is 1. The molecule has 14 heteroatoms. The molecular formula is C30H35F5N4O5. The molecule has 9 nitrogen and oxygen atoms in total. The Bertz CT molecular complexity index is 1430. The summed E-state index contributed by atoms with van der Waals surface area (Å²) in [5.41, 5.74) is 0.321. The van der Waals surface area contributed by atoms with Gasteiger partial charge in [-0.25, -0.2) is 13.2 Å². The van der Waals surface area contributed by atoms with Gasteiger partial charge in [0.25, 0.3) is 5.91 Å². The summed E-state index contributed by atoms with van der Waals surface area (Å²) in [5, 5.41) is 7.61. The summed E-state index contributed by atoms with van der Waals surface area (Å²) in [4.78, 5) is 52.1. The molecule has 2 unspecified atom stereocenters. The number of fused-ring (bicyclic) bond motifs is 1. The molecule has 4 N–H and O–H groups in total. The molecule has 0 saturated heterocycles.